The number of hydrogen-bond donors (Lipinski definition) is 1. The van der Waals surface area contributed by atoms with Crippen molar-refractivity contribution in [1.29, 1.82) is 0 Å². The van der Waals surface area contributed by atoms with Crippen LogP contribution in [0.5, 0.6) is 0 Å². The van der Waals surface area contributed by atoms with Crippen molar-refractivity contribution in [2.24, 2.45) is 0 Å². The Bertz CT molecular complexity index is 868. The fraction of sp³-hybridized carbons (Fsp3) is 0.316. The minimum atomic E-state index is -3.70. The predicted molar refractivity (Wildman–Crippen MR) is 98.2 cm³/mol. The summed E-state index contributed by atoms with van der Waals surface area (Å²) in [6, 6.07) is 15.4. The summed E-state index contributed by atoms with van der Waals surface area (Å²) in [6.07, 6.45) is -0.0212. The SMILES string of the molecule is C[C@H]1CN(C(=O)c2cccc(S(=O)(=O)NCc3ccccc3)c2)CCO1. The number of benzene rings is 2. The molecule has 0 spiro atoms. The molecule has 7 heteroatoms. The summed E-state index contributed by atoms with van der Waals surface area (Å²) in [5.41, 5.74) is 1.23. The molecule has 1 fully saturated rings. The zero-order valence-corrected chi connectivity index (χ0v) is 15.4. The van der Waals surface area contributed by atoms with Crippen LogP contribution < -0.4 is 4.72 Å². The third-order valence-electron chi connectivity index (χ3n) is 4.23. The normalized spacial score (nSPS) is 17.9. The Balaban J connectivity index is 1.74. The first-order chi connectivity index (χ1) is 12.5. The number of sulfonamides is 1. The minimum Gasteiger partial charge on any atom is -0.375 e. The summed E-state index contributed by atoms with van der Waals surface area (Å²) >= 11 is 0. The Hall–Kier alpha value is -2.22. The van der Waals surface area contributed by atoms with Crippen LogP contribution >= 0.6 is 0 Å². The fourth-order valence-electron chi connectivity index (χ4n) is 2.84. The van der Waals surface area contributed by atoms with E-state index in [-0.39, 0.29) is 23.5 Å². The van der Waals surface area contributed by atoms with Crippen LogP contribution in [0.2, 0.25) is 0 Å². The van der Waals surface area contributed by atoms with Crippen LogP contribution in [0.1, 0.15) is 22.8 Å². The van der Waals surface area contributed by atoms with Gasteiger partial charge < -0.3 is 9.64 Å². The van der Waals surface area contributed by atoms with Gasteiger partial charge in [-0.2, -0.15) is 0 Å². The van der Waals surface area contributed by atoms with Gasteiger partial charge in [-0.15, -0.1) is 0 Å². The van der Waals surface area contributed by atoms with Gasteiger partial charge in [-0.3, -0.25) is 4.79 Å². The standard InChI is InChI=1S/C19H22N2O4S/c1-15-14-21(10-11-25-15)19(22)17-8-5-9-18(12-17)26(23,24)20-13-16-6-3-2-4-7-16/h2-9,12,15,20H,10-11,13-14H2,1H3/t15-/m0/s1. The molecule has 1 N–H and O–H groups in total. The maximum Gasteiger partial charge on any atom is 0.254 e. The van der Waals surface area contributed by atoms with E-state index in [9.17, 15) is 13.2 Å². The molecule has 0 bridgehead atoms. The van der Waals surface area contributed by atoms with Crippen LogP contribution in [0.4, 0.5) is 0 Å². The molecule has 2 aromatic rings. The number of nitrogens with one attached hydrogen (secondary N) is 1. The molecule has 6 nitrogen and oxygen atoms in total. The lowest BCUT2D eigenvalue weighted by atomic mass is 10.2. The van der Waals surface area contributed by atoms with E-state index in [0.717, 1.165) is 5.56 Å². The number of ether oxygens (including phenoxy) is 1. The van der Waals surface area contributed by atoms with Crippen molar-refractivity contribution < 1.29 is 17.9 Å². The largest absolute Gasteiger partial charge is 0.375 e. The number of hydrogen-bond acceptors (Lipinski definition) is 4. The molecule has 0 aromatic heterocycles. The molecular formula is C19H22N2O4S. The van der Waals surface area contributed by atoms with Gasteiger partial charge >= 0.3 is 0 Å². The molecule has 1 saturated heterocycles. The Labute approximate surface area is 153 Å². The maximum atomic E-state index is 12.7. The summed E-state index contributed by atoms with van der Waals surface area (Å²) < 4.78 is 33.1. The molecule has 0 saturated carbocycles. The van der Waals surface area contributed by atoms with Gasteiger partial charge in [-0.25, -0.2) is 13.1 Å². The Morgan fingerprint density at radius 1 is 1.19 bits per heavy atom. The maximum absolute atomic E-state index is 12.7. The Morgan fingerprint density at radius 3 is 2.69 bits per heavy atom. The Kier molecular flexibility index (Phi) is 5.70. The monoisotopic (exact) mass is 374 g/mol. The lowest BCUT2D eigenvalue weighted by Crippen LogP contribution is -2.44. The smallest absolute Gasteiger partial charge is 0.254 e. The molecule has 0 aliphatic carbocycles. The number of morpholine rings is 1. The molecule has 1 atom stereocenters. The summed E-state index contributed by atoms with van der Waals surface area (Å²) in [5.74, 6) is -0.180. The van der Waals surface area contributed by atoms with E-state index in [1.807, 2.05) is 37.3 Å². The van der Waals surface area contributed by atoms with Crippen molar-refractivity contribution in [3.8, 4) is 0 Å². The number of carbonyl (C=O) groups is 1. The quantitative estimate of drug-likeness (QED) is 0.869. The van der Waals surface area contributed by atoms with E-state index < -0.39 is 10.0 Å². The van der Waals surface area contributed by atoms with E-state index in [4.69, 9.17) is 4.74 Å². The first-order valence-electron chi connectivity index (χ1n) is 8.50. The molecule has 1 aliphatic heterocycles. The minimum absolute atomic E-state index is 0.0212. The average molecular weight is 374 g/mol. The van der Waals surface area contributed by atoms with Crippen molar-refractivity contribution in [2.75, 3.05) is 19.7 Å². The van der Waals surface area contributed by atoms with Gasteiger partial charge in [0.1, 0.15) is 0 Å². The highest BCUT2D eigenvalue weighted by Gasteiger charge is 2.23. The van der Waals surface area contributed by atoms with Crippen molar-refractivity contribution in [1.82, 2.24) is 9.62 Å². The highest BCUT2D eigenvalue weighted by Crippen LogP contribution is 2.16. The summed E-state index contributed by atoms with van der Waals surface area (Å²) in [5, 5.41) is 0. The zero-order chi connectivity index (χ0) is 18.6. The van der Waals surface area contributed by atoms with Crippen LogP contribution in [-0.4, -0.2) is 45.0 Å². The molecule has 26 heavy (non-hydrogen) atoms. The highest BCUT2D eigenvalue weighted by atomic mass is 32.2. The van der Waals surface area contributed by atoms with Crippen LogP contribution in [-0.2, 0) is 21.3 Å². The fourth-order valence-corrected chi connectivity index (χ4v) is 3.90. The summed E-state index contributed by atoms with van der Waals surface area (Å²) in [6.45, 7) is 3.61. The molecule has 2 aromatic carbocycles. The number of amides is 1. The first-order valence-corrected chi connectivity index (χ1v) is 9.98. The van der Waals surface area contributed by atoms with Crippen molar-refractivity contribution in [2.45, 2.75) is 24.5 Å². The van der Waals surface area contributed by atoms with Gasteiger partial charge in [-0.05, 0) is 30.7 Å². The van der Waals surface area contributed by atoms with E-state index in [1.54, 1.807) is 17.0 Å². The molecule has 0 radical (unpaired) electrons. The molecule has 1 heterocycles. The molecule has 1 aliphatic rings. The van der Waals surface area contributed by atoms with Gasteiger partial charge in [-0.1, -0.05) is 36.4 Å². The van der Waals surface area contributed by atoms with Crippen LogP contribution in [0, 0.1) is 0 Å². The van der Waals surface area contributed by atoms with Crippen molar-refractivity contribution in [3.63, 3.8) is 0 Å². The Morgan fingerprint density at radius 2 is 1.96 bits per heavy atom. The molecule has 0 unspecified atom stereocenters. The zero-order valence-electron chi connectivity index (χ0n) is 14.6. The summed E-state index contributed by atoms with van der Waals surface area (Å²) in [4.78, 5) is 14.4. The van der Waals surface area contributed by atoms with Gasteiger partial charge in [0.2, 0.25) is 10.0 Å². The lowest BCUT2D eigenvalue weighted by Gasteiger charge is -2.31. The second-order valence-electron chi connectivity index (χ2n) is 6.27. The molecular weight excluding hydrogens is 352 g/mol. The third-order valence-corrected chi connectivity index (χ3v) is 5.63. The lowest BCUT2D eigenvalue weighted by molar-refractivity contribution is -0.0124. The van der Waals surface area contributed by atoms with E-state index in [0.29, 0.717) is 25.3 Å². The average Bonchev–Trinajstić information content (AvgIpc) is 2.67. The second kappa shape index (κ2) is 7.99. The van der Waals surface area contributed by atoms with E-state index in [1.165, 1.54) is 12.1 Å². The van der Waals surface area contributed by atoms with Crippen LogP contribution in [0.25, 0.3) is 0 Å². The first kappa shape index (κ1) is 18.6. The molecule has 3 rings (SSSR count). The second-order valence-corrected chi connectivity index (χ2v) is 8.04. The molecule has 1 amide bonds. The van der Waals surface area contributed by atoms with Crippen LogP contribution in [0.15, 0.2) is 59.5 Å². The van der Waals surface area contributed by atoms with Gasteiger partial charge in [0.05, 0.1) is 17.6 Å². The van der Waals surface area contributed by atoms with Crippen LogP contribution in [0.3, 0.4) is 0 Å². The molecule has 138 valence electrons. The third kappa shape index (κ3) is 4.49. The van der Waals surface area contributed by atoms with Gasteiger partial charge in [0, 0.05) is 25.2 Å². The van der Waals surface area contributed by atoms with Crippen molar-refractivity contribution in [3.05, 3.63) is 65.7 Å². The van der Waals surface area contributed by atoms with Gasteiger partial charge in [0.15, 0.2) is 0 Å². The number of carbonyl (C=O) groups excluding carboxylic acids is 1. The number of nitrogens with zero attached hydrogens (tertiary/aromatic N) is 1. The topological polar surface area (TPSA) is 75.7 Å². The highest BCUT2D eigenvalue weighted by molar-refractivity contribution is 7.89. The number of rotatable bonds is 5. The van der Waals surface area contributed by atoms with Gasteiger partial charge in [0.25, 0.3) is 5.91 Å². The van der Waals surface area contributed by atoms with E-state index in [2.05, 4.69) is 4.72 Å². The van der Waals surface area contributed by atoms with Crippen molar-refractivity contribution >= 4 is 15.9 Å². The summed E-state index contributed by atoms with van der Waals surface area (Å²) in [7, 11) is -3.70. The predicted octanol–water partition coefficient (Wildman–Crippen LogP) is 2.03. The van der Waals surface area contributed by atoms with E-state index >= 15 is 0 Å².